The smallest absolute Gasteiger partial charge is 0.254 e. The van der Waals surface area contributed by atoms with Gasteiger partial charge in [-0.15, -0.1) is 9.24 Å². The molecule has 27 heavy (non-hydrogen) atoms. The lowest BCUT2D eigenvalue weighted by atomic mass is 10.0. The van der Waals surface area contributed by atoms with Gasteiger partial charge in [-0.2, -0.15) is 0 Å². The zero-order chi connectivity index (χ0) is 19.1. The summed E-state index contributed by atoms with van der Waals surface area (Å²) in [6, 6.07) is 8.45. The van der Waals surface area contributed by atoms with Crippen molar-refractivity contribution < 1.29 is 4.79 Å². The fourth-order valence-electron chi connectivity index (χ4n) is 4.05. The quantitative estimate of drug-likeness (QED) is 0.741. The zero-order valence-corrected chi connectivity index (χ0v) is 17.4. The second-order valence-electron chi connectivity index (χ2n) is 7.89. The predicted octanol–water partition coefficient (Wildman–Crippen LogP) is 1.67. The molecule has 4 unspecified atom stereocenters. The van der Waals surface area contributed by atoms with Gasteiger partial charge in [0.1, 0.15) is 12.2 Å². The molecule has 0 N–H and O–H groups in total. The summed E-state index contributed by atoms with van der Waals surface area (Å²) in [4.78, 5) is 29.0. The van der Waals surface area contributed by atoms with E-state index in [1.807, 2.05) is 18.2 Å². The molecule has 6 nitrogen and oxygen atoms in total. The third-order valence-electron chi connectivity index (χ3n) is 5.72. The first-order chi connectivity index (χ1) is 13.0. The van der Waals surface area contributed by atoms with Crippen LogP contribution < -0.4 is 5.30 Å². The molecule has 1 saturated heterocycles. The fraction of sp³-hybridized carbons (Fsp3) is 0.550. The Kier molecular flexibility index (Phi) is 4.94. The van der Waals surface area contributed by atoms with E-state index in [4.69, 9.17) is 4.99 Å². The summed E-state index contributed by atoms with van der Waals surface area (Å²) in [6.07, 6.45) is 2.72. The molecule has 3 aliphatic heterocycles. The summed E-state index contributed by atoms with van der Waals surface area (Å²) < 4.78 is 0. The Bertz CT molecular complexity index is 775. The number of fused-ring (bicyclic) bond motifs is 4. The molecule has 0 spiro atoms. The number of hydrogen-bond donors (Lipinski definition) is 0. The maximum absolute atomic E-state index is 13.0. The summed E-state index contributed by atoms with van der Waals surface area (Å²) in [5.41, 5.74) is 1.24. The average Bonchev–Trinajstić information content (AvgIpc) is 3.06. The molecule has 7 heteroatoms. The number of likely N-dealkylation sites (N-methyl/N-ethyl adjacent to an activating group) is 1. The molecule has 0 radical (unpaired) electrons. The first-order valence-electron chi connectivity index (χ1n) is 9.77. The van der Waals surface area contributed by atoms with Gasteiger partial charge in [0, 0.05) is 26.1 Å². The third kappa shape index (κ3) is 3.36. The number of aliphatic imine (C=N–C) groups is 2. The van der Waals surface area contributed by atoms with Gasteiger partial charge in [-0.1, -0.05) is 38.1 Å². The fourth-order valence-corrected chi connectivity index (χ4v) is 4.24. The van der Waals surface area contributed by atoms with Crippen LogP contribution in [0.1, 0.15) is 32.8 Å². The Morgan fingerprint density at radius 1 is 1.26 bits per heavy atom. The van der Waals surface area contributed by atoms with Crippen molar-refractivity contribution in [1.29, 1.82) is 0 Å². The third-order valence-corrected chi connectivity index (χ3v) is 6.10. The van der Waals surface area contributed by atoms with Crippen molar-refractivity contribution >= 4 is 32.7 Å². The van der Waals surface area contributed by atoms with Crippen LogP contribution in [-0.2, 0) is 11.3 Å². The van der Waals surface area contributed by atoms with Gasteiger partial charge in [-0.3, -0.25) is 14.7 Å². The highest BCUT2D eigenvalue weighted by Crippen LogP contribution is 2.31. The molecule has 0 aliphatic carbocycles. The molecule has 2 bridgehead atoms. The molecule has 3 aliphatic rings. The van der Waals surface area contributed by atoms with E-state index in [0.29, 0.717) is 12.5 Å². The van der Waals surface area contributed by atoms with Crippen LogP contribution in [0, 0.1) is 5.92 Å². The van der Waals surface area contributed by atoms with Crippen molar-refractivity contribution in [3.63, 3.8) is 0 Å². The summed E-state index contributed by atoms with van der Waals surface area (Å²) >= 11 is 0. The minimum atomic E-state index is -0.300. The summed E-state index contributed by atoms with van der Waals surface area (Å²) in [7, 11) is 2.72. The number of benzene rings is 1. The molecular formula is C20H28N5OP. The molecular weight excluding hydrogens is 357 g/mol. The maximum Gasteiger partial charge on any atom is 0.254 e. The minimum Gasteiger partial charge on any atom is -0.338 e. The van der Waals surface area contributed by atoms with Gasteiger partial charge in [0.15, 0.2) is 0 Å². The van der Waals surface area contributed by atoms with Crippen molar-refractivity contribution in [3.8, 4) is 0 Å². The lowest BCUT2D eigenvalue weighted by Gasteiger charge is -2.39. The second-order valence-corrected chi connectivity index (χ2v) is 8.55. The summed E-state index contributed by atoms with van der Waals surface area (Å²) in [6.45, 7) is 8.69. The van der Waals surface area contributed by atoms with Gasteiger partial charge in [0.05, 0.1) is 12.4 Å². The minimum absolute atomic E-state index is 0.0800. The first kappa shape index (κ1) is 18.4. The number of amides is 1. The van der Waals surface area contributed by atoms with Crippen LogP contribution in [0.4, 0.5) is 0 Å². The van der Waals surface area contributed by atoms with Crippen molar-refractivity contribution in [2.45, 2.75) is 52.0 Å². The van der Waals surface area contributed by atoms with E-state index in [2.05, 4.69) is 62.1 Å². The molecule has 4 rings (SSSR count). The highest BCUT2D eigenvalue weighted by atomic mass is 31.0. The standard InChI is InChI=1S/C20H28N5OP/c1-4-24-19(26)16-9-18(25-11-17(13(2)3)22-20(24)25)23(12-21-16)10-14-5-7-15(27)8-6-14/h5-8,12-13,16-18H,4,9-11,27H2,1-3H3. The Morgan fingerprint density at radius 3 is 2.67 bits per heavy atom. The summed E-state index contributed by atoms with van der Waals surface area (Å²) in [5.74, 6) is 1.37. The number of rotatable bonds is 4. The Hall–Kier alpha value is -1.94. The molecule has 1 fully saturated rings. The van der Waals surface area contributed by atoms with Gasteiger partial charge < -0.3 is 9.80 Å². The molecule has 4 atom stereocenters. The molecule has 0 aromatic heterocycles. The van der Waals surface area contributed by atoms with E-state index in [9.17, 15) is 4.79 Å². The van der Waals surface area contributed by atoms with Crippen molar-refractivity contribution in [1.82, 2.24) is 14.7 Å². The first-order valence-corrected chi connectivity index (χ1v) is 10.3. The summed E-state index contributed by atoms with van der Waals surface area (Å²) in [5, 5.41) is 1.18. The van der Waals surface area contributed by atoms with Crippen LogP contribution in [-0.4, -0.2) is 64.2 Å². The molecule has 1 aromatic carbocycles. The molecule has 3 heterocycles. The molecule has 1 aromatic rings. The number of carbonyl (C=O) groups excluding carboxylic acids is 1. The number of guanidine groups is 1. The van der Waals surface area contributed by atoms with Crippen LogP contribution in [0.3, 0.4) is 0 Å². The van der Waals surface area contributed by atoms with Crippen LogP contribution in [0.2, 0.25) is 0 Å². The maximum atomic E-state index is 13.0. The van der Waals surface area contributed by atoms with E-state index in [1.165, 1.54) is 10.9 Å². The van der Waals surface area contributed by atoms with Gasteiger partial charge in [0.2, 0.25) is 5.96 Å². The monoisotopic (exact) mass is 385 g/mol. The highest BCUT2D eigenvalue weighted by Gasteiger charge is 2.46. The Labute approximate surface area is 163 Å². The average molecular weight is 385 g/mol. The van der Waals surface area contributed by atoms with Gasteiger partial charge in [-0.25, -0.2) is 4.99 Å². The van der Waals surface area contributed by atoms with Crippen LogP contribution in [0.15, 0.2) is 34.3 Å². The van der Waals surface area contributed by atoms with Crippen molar-refractivity contribution in [3.05, 3.63) is 29.8 Å². The van der Waals surface area contributed by atoms with Crippen molar-refractivity contribution in [2.24, 2.45) is 15.9 Å². The normalized spacial score (nSPS) is 27.1. The molecule has 144 valence electrons. The number of nitrogens with zero attached hydrogens (tertiary/aromatic N) is 5. The lowest BCUT2D eigenvalue weighted by molar-refractivity contribution is -0.128. The van der Waals surface area contributed by atoms with E-state index < -0.39 is 0 Å². The van der Waals surface area contributed by atoms with Gasteiger partial charge in [-0.05, 0) is 23.7 Å². The van der Waals surface area contributed by atoms with Crippen LogP contribution in [0.5, 0.6) is 0 Å². The predicted molar refractivity (Wildman–Crippen MR) is 112 cm³/mol. The largest absolute Gasteiger partial charge is 0.338 e. The lowest BCUT2D eigenvalue weighted by Crippen LogP contribution is -2.52. The highest BCUT2D eigenvalue weighted by molar-refractivity contribution is 7.27. The van der Waals surface area contributed by atoms with Crippen molar-refractivity contribution in [2.75, 3.05) is 13.1 Å². The van der Waals surface area contributed by atoms with Crippen LogP contribution in [0.25, 0.3) is 0 Å². The topological polar surface area (TPSA) is 51.5 Å². The second kappa shape index (κ2) is 7.23. The van der Waals surface area contributed by atoms with E-state index in [0.717, 1.165) is 25.5 Å². The molecule has 0 saturated carbocycles. The van der Waals surface area contributed by atoms with Gasteiger partial charge >= 0.3 is 0 Å². The van der Waals surface area contributed by atoms with E-state index in [-0.39, 0.29) is 24.2 Å². The Balaban J connectivity index is 1.66. The van der Waals surface area contributed by atoms with E-state index >= 15 is 0 Å². The van der Waals surface area contributed by atoms with E-state index in [1.54, 1.807) is 0 Å². The van der Waals surface area contributed by atoms with Crippen LogP contribution >= 0.6 is 9.24 Å². The zero-order valence-electron chi connectivity index (χ0n) is 16.2. The van der Waals surface area contributed by atoms with Gasteiger partial charge in [0.25, 0.3) is 5.91 Å². The molecule has 1 amide bonds. The number of carbonyl (C=O) groups is 1. The SMILES string of the molecule is CCN1C(=O)C2CC(N(Cc3ccc(P)cc3)C=N2)N2CC(C(C)C)N=C12. The Morgan fingerprint density at radius 2 is 2.00 bits per heavy atom. The number of hydrogen-bond acceptors (Lipinski definition) is 5.